The number of hydrogen-bond donors (Lipinski definition) is 1. The number of carbonyl (C=O) groups excluding carboxylic acids is 1. The van der Waals surface area contributed by atoms with Gasteiger partial charge in [0.1, 0.15) is 18.1 Å². The Hall–Kier alpha value is -3.23. The van der Waals surface area contributed by atoms with E-state index in [0.717, 1.165) is 5.56 Å². The molecule has 0 atom stereocenters. The van der Waals surface area contributed by atoms with Crippen LogP contribution in [0.25, 0.3) is 11.3 Å². The molecule has 0 unspecified atom stereocenters. The van der Waals surface area contributed by atoms with Crippen molar-refractivity contribution in [2.45, 2.75) is 6.61 Å². The molecule has 1 N–H and O–H groups in total. The Bertz CT molecular complexity index is 1040. The summed E-state index contributed by atoms with van der Waals surface area (Å²) in [6, 6.07) is 12.2. The second-order valence-corrected chi connectivity index (χ2v) is 6.57. The summed E-state index contributed by atoms with van der Waals surface area (Å²) in [5, 5.41) is 7.15. The predicted molar refractivity (Wildman–Crippen MR) is 104 cm³/mol. The van der Waals surface area contributed by atoms with Gasteiger partial charge in [0.15, 0.2) is 17.3 Å². The lowest BCUT2D eigenvalue weighted by Gasteiger charge is -2.10. The number of rotatable bonds is 7. The molecule has 1 amide bonds. The van der Waals surface area contributed by atoms with E-state index in [4.69, 9.17) is 35.1 Å². The van der Waals surface area contributed by atoms with Crippen molar-refractivity contribution in [2.24, 2.45) is 0 Å². The number of halogens is 1. The fraction of sp³-hybridized carbons (Fsp3) is 0.200. The zero-order chi connectivity index (χ0) is 20.2. The van der Waals surface area contributed by atoms with Crippen LogP contribution < -0.4 is 19.5 Å². The van der Waals surface area contributed by atoms with Crippen LogP contribution >= 0.6 is 11.6 Å². The number of carbonyl (C=O) groups is 1. The van der Waals surface area contributed by atoms with E-state index < -0.39 is 0 Å². The van der Waals surface area contributed by atoms with Gasteiger partial charge in [0.05, 0.1) is 19.4 Å². The summed E-state index contributed by atoms with van der Waals surface area (Å²) in [6.45, 7) is 0.160. The molecule has 0 radical (unpaired) electrons. The third-order valence-corrected chi connectivity index (χ3v) is 4.37. The molecule has 4 rings (SSSR count). The largest absolute Gasteiger partial charge is 0.495 e. The number of hydrogen-bond acceptors (Lipinski definition) is 7. The Morgan fingerprint density at radius 3 is 2.90 bits per heavy atom. The maximum Gasteiger partial charge on any atom is 0.250 e. The summed E-state index contributed by atoms with van der Waals surface area (Å²) in [7, 11) is 1.51. The molecular formula is C20H17ClN2O6. The maximum absolute atomic E-state index is 12.1. The first-order valence-electron chi connectivity index (χ1n) is 8.69. The zero-order valence-electron chi connectivity index (χ0n) is 15.4. The number of ether oxygens (including phenoxy) is 4. The van der Waals surface area contributed by atoms with Crippen molar-refractivity contribution in [1.82, 2.24) is 5.16 Å². The number of nitrogens with zero attached hydrogens (tertiary/aromatic N) is 1. The smallest absolute Gasteiger partial charge is 0.250 e. The van der Waals surface area contributed by atoms with Gasteiger partial charge < -0.3 is 28.8 Å². The van der Waals surface area contributed by atoms with Gasteiger partial charge in [-0.1, -0.05) is 16.8 Å². The molecule has 3 aromatic rings. The van der Waals surface area contributed by atoms with E-state index in [1.165, 1.54) is 7.11 Å². The molecule has 0 saturated heterocycles. The highest BCUT2D eigenvalue weighted by molar-refractivity contribution is 6.31. The van der Waals surface area contributed by atoms with Crippen LogP contribution in [0.4, 0.5) is 5.69 Å². The Balaban J connectivity index is 1.31. The van der Waals surface area contributed by atoms with Crippen molar-refractivity contribution in [2.75, 3.05) is 25.8 Å². The lowest BCUT2D eigenvalue weighted by molar-refractivity contribution is -0.121. The quantitative estimate of drug-likeness (QED) is 0.624. The minimum atomic E-state index is -0.343. The maximum atomic E-state index is 12.1. The fourth-order valence-electron chi connectivity index (χ4n) is 2.78. The molecule has 2 aromatic carbocycles. The van der Waals surface area contributed by atoms with Gasteiger partial charge in [-0.3, -0.25) is 4.79 Å². The van der Waals surface area contributed by atoms with Crippen molar-refractivity contribution in [3.63, 3.8) is 0 Å². The molecule has 0 fully saturated rings. The van der Waals surface area contributed by atoms with E-state index in [1.54, 1.807) is 24.3 Å². The van der Waals surface area contributed by atoms with Crippen LogP contribution in [0.15, 0.2) is 47.0 Å². The van der Waals surface area contributed by atoms with E-state index in [9.17, 15) is 4.79 Å². The minimum absolute atomic E-state index is 0.119. The minimum Gasteiger partial charge on any atom is -0.495 e. The average Bonchev–Trinajstić information content (AvgIpc) is 3.37. The molecule has 0 saturated carbocycles. The molecule has 29 heavy (non-hydrogen) atoms. The number of nitrogens with one attached hydrogen (secondary N) is 1. The molecular weight excluding hydrogens is 400 g/mol. The third-order valence-electron chi connectivity index (χ3n) is 4.13. The van der Waals surface area contributed by atoms with Crippen LogP contribution in [-0.4, -0.2) is 31.6 Å². The van der Waals surface area contributed by atoms with Gasteiger partial charge in [-0.15, -0.1) is 0 Å². The first kappa shape index (κ1) is 19.1. The summed E-state index contributed by atoms with van der Waals surface area (Å²) in [6.07, 6.45) is 0. The molecule has 2 heterocycles. The average molecular weight is 417 g/mol. The predicted octanol–water partition coefficient (Wildman–Crippen LogP) is 3.89. The number of benzene rings is 2. The summed E-state index contributed by atoms with van der Waals surface area (Å²) >= 11 is 5.95. The number of anilines is 1. The molecule has 1 aliphatic heterocycles. The van der Waals surface area contributed by atoms with Crippen LogP contribution in [0.1, 0.15) is 5.69 Å². The Morgan fingerprint density at radius 2 is 2.03 bits per heavy atom. The van der Waals surface area contributed by atoms with E-state index in [2.05, 4.69) is 10.5 Å². The third kappa shape index (κ3) is 4.44. The van der Waals surface area contributed by atoms with Crippen molar-refractivity contribution < 1.29 is 28.3 Å². The van der Waals surface area contributed by atoms with Gasteiger partial charge in [0, 0.05) is 16.7 Å². The summed E-state index contributed by atoms with van der Waals surface area (Å²) in [4.78, 5) is 12.1. The highest BCUT2D eigenvalue weighted by Gasteiger charge is 2.16. The Morgan fingerprint density at radius 1 is 1.17 bits per heavy atom. The van der Waals surface area contributed by atoms with E-state index in [0.29, 0.717) is 39.4 Å². The van der Waals surface area contributed by atoms with Crippen LogP contribution in [-0.2, 0) is 16.1 Å². The van der Waals surface area contributed by atoms with Crippen molar-refractivity contribution in [3.05, 3.63) is 53.2 Å². The zero-order valence-corrected chi connectivity index (χ0v) is 16.2. The number of fused-ring (bicyclic) bond motifs is 1. The monoisotopic (exact) mass is 416 g/mol. The highest BCUT2D eigenvalue weighted by Crippen LogP contribution is 2.36. The fourth-order valence-corrected chi connectivity index (χ4v) is 2.95. The van der Waals surface area contributed by atoms with Crippen molar-refractivity contribution >= 4 is 23.2 Å². The second-order valence-electron chi connectivity index (χ2n) is 6.14. The van der Waals surface area contributed by atoms with Gasteiger partial charge in [0.2, 0.25) is 12.7 Å². The summed E-state index contributed by atoms with van der Waals surface area (Å²) < 4.78 is 26.6. The second kappa shape index (κ2) is 8.42. The van der Waals surface area contributed by atoms with Crippen LogP contribution in [0.3, 0.4) is 0 Å². The molecule has 1 aromatic heterocycles. The van der Waals surface area contributed by atoms with Crippen LogP contribution in [0.2, 0.25) is 5.02 Å². The van der Waals surface area contributed by atoms with E-state index >= 15 is 0 Å². The lowest BCUT2D eigenvalue weighted by Crippen LogP contribution is -2.18. The lowest BCUT2D eigenvalue weighted by atomic mass is 10.1. The van der Waals surface area contributed by atoms with Gasteiger partial charge in [-0.2, -0.15) is 0 Å². The molecule has 0 bridgehead atoms. The van der Waals surface area contributed by atoms with Crippen molar-refractivity contribution in [3.8, 4) is 28.6 Å². The van der Waals surface area contributed by atoms with Crippen molar-refractivity contribution in [1.29, 1.82) is 0 Å². The number of methoxy groups -OCH3 is 1. The van der Waals surface area contributed by atoms with E-state index in [1.807, 2.05) is 18.2 Å². The highest BCUT2D eigenvalue weighted by atomic mass is 35.5. The van der Waals surface area contributed by atoms with Crippen LogP contribution in [0, 0.1) is 0 Å². The number of amides is 1. The van der Waals surface area contributed by atoms with E-state index in [-0.39, 0.29) is 25.9 Å². The molecule has 8 nitrogen and oxygen atoms in total. The normalized spacial score (nSPS) is 12.1. The SMILES string of the molecule is COc1ccc(Cl)cc1NC(=O)COCc1cc(-c2ccc3c(c2)OCO3)on1. The molecule has 0 spiro atoms. The number of aromatic nitrogens is 1. The van der Waals surface area contributed by atoms with Gasteiger partial charge in [0.25, 0.3) is 0 Å². The molecule has 150 valence electrons. The summed E-state index contributed by atoms with van der Waals surface area (Å²) in [5.74, 6) is 2.08. The van der Waals surface area contributed by atoms with Crippen LogP contribution in [0.5, 0.6) is 17.2 Å². The summed E-state index contributed by atoms with van der Waals surface area (Å²) in [5.41, 5.74) is 1.84. The molecule has 9 heteroatoms. The standard InChI is InChI=1S/C20H17ClN2O6/c1-25-16-5-3-13(21)7-15(16)22-20(24)10-26-9-14-8-18(29-23-14)12-2-4-17-19(6-12)28-11-27-17/h2-8H,9-11H2,1H3,(H,22,24). The van der Waals surface area contributed by atoms with Gasteiger partial charge >= 0.3 is 0 Å². The topological polar surface area (TPSA) is 92.1 Å². The molecule has 1 aliphatic rings. The van der Waals surface area contributed by atoms with Gasteiger partial charge in [-0.05, 0) is 36.4 Å². The Labute approximate surface area is 171 Å². The first-order chi connectivity index (χ1) is 14.1. The molecule has 0 aliphatic carbocycles. The Kier molecular flexibility index (Phi) is 5.55. The first-order valence-corrected chi connectivity index (χ1v) is 9.07. The van der Waals surface area contributed by atoms with Gasteiger partial charge in [-0.25, -0.2) is 0 Å².